The molecule has 0 aliphatic heterocycles. The predicted octanol–water partition coefficient (Wildman–Crippen LogP) is 4.74. The fourth-order valence-electron chi connectivity index (χ4n) is 3.80. The third-order valence-corrected chi connectivity index (χ3v) is 5.92. The molecule has 4 aromatic rings. The SMILES string of the molecule is Cc1cc(CC(=O)O)n(C)c1C(=O)c1ccc(Cl)cc1.O.O.O=C(O)c1cccnc1Nc1cccc(C(F)(F)F)c1. The van der Waals surface area contributed by atoms with Crippen LogP contribution in [0.15, 0.2) is 72.9 Å². The number of alkyl halides is 3. The molecule has 224 valence electrons. The average molecular weight is 610 g/mol. The Morgan fingerprint density at radius 1 is 0.976 bits per heavy atom. The van der Waals surface area contributed by atoms with Gasteiger partial charge in [-0.3, -0.25) is 9.59 Å². The molecule has 0 aliphatic carbocycles. The lowest BCUT2D eigenvalue weighted by Crippen LogP contribution is -2.12. The highest BCUT2D eigenvalue weighted by atomic mass is 35.5. The number of pyridine rings is 1. The minimum Gasteiger partial charge on any atom is -0.481 e. The van der Waals surface area contributed by atoms with Gasteiger partial charge in [-0.1, -0.05) is 17.7 Å². The standard InChI is InChI=1S/C15H14ClNO3.C13H9F3N2O2.2H2O/c1-9-7-12(8-13(18)19)17(2)14(9)15(20)10-3-5-11(16)6-4-10;14-13(15,16)8-3-1-4-9(7-8)18-11-10(12(19)20)5-2-6-17-11;;/h3-7H,8H2,1-2H3,(H,18,19);1-7H,(H,17,18)(H,19,20);2*1H2. The van der Waals surface area contributed by atoms with Crippen molar-refractivity contribution in [3.05, 3.63) is 112 Å². The van der Waals surface area contributed by atoms with Crippen molar-refractivity contribution in [2.75, 3.05) is 5.32 Å². The number of carboxylic acid groups (broad SMARTS) is 2. The zero-order valence-electron chi connectivity index (χ0n) is 22.2. The number of nitrogens with zero attached hydrogens (tertiary/aromatic N) is 2. The van der Waals surface area contributed by atoms with Crippen LogP contribution in [0, 0.1) is 6.92 Å². The molecule has 2 aromatic carbocycles. The first-order chi connectivity index (χ1) is 18.8. The van der Waals surface area contributed by atoms with Gasteiger partial charge in [0.25, 0.3) is 0 Å². The van der Waals surface area contributed by atoms with Crippen molar-refractivity contribution in [1.29, 1.82) is 0 Å². The number of anilines is 2. The number of aromatic nitrogens is 2. The van der Waals surface area contributed by atoms with Crippen LogP contribution >= 0.6 is 11.6 Å². The number of ketones is 1. The summed E-state index contributed by atoms with van der Waals surface area (Å²) in [5.41, 5.74) is 1.57. The summed E-state index contributed by atoms with van der Waals surface area (Å²) in [6, 6.07) is 15.6. The third kappa shape index (κ3) is 8.89. The highest BCUT2D eigenvalue weighted by Crippen LogP contribution is 2.31. The largest absolute Gasteiger partial charge is 0.481 e. The van der Waals surface area contributed by atoms with Crippen LogP contribution in [0.1, 0.15) is 43.2 Å². The zero-order valence-corrected chi connectivity index (χ0v) is 22.9. The van der Waals surface area contributed by atoms with E-state index in [1.807, 2.05) is 0 Å². The monoisotopic (exact) mass is 609 g/mol. The van der Waals surface area contributed by atoms with E-state index in [0.29, 0.717) is 22.0 Å². The van der Waals surface area contributed by atoms with Crippen molar-refractivity contribution in [3.8, 4) is 0 Å². The molecule has 0 unspecified atom stereocenters. The Hall–Kier alpha value is -4.72. The van der Waals surface area contributed by atoms with Crippen molar-refractivity contribution in [2.24, 2.45) is 7.05 Å². The Morgan fingerprint density at radius 2 is 1.62 bits per heavy atom. The van der Waals surface area contributed by atoms with Crippen molar-refractivity contribution in [3.63, 3.8) is 0 Å². The van der Waals surface area contributed by atoms with Gasteiger partial charge in [-0.05, 0) is 73.2 Å². The second-order valence-corrected chi connectivity index (χ2v) is 8.98. The summed E-state index contributed by atoms with van der Waals surface area (Å²) in [5, 5.41) is 21.0. The first-order valence-corrected chi connectivity index (χ1v) is 12.0. The maximum atomic E-state index is 12.6. The molecule has 2 aromatic heterocycles. The molecule has 0 saturated heterocycles. The molecule has 42 heavy (non-hydrogen) atoms. The van der Waals surface area contributed by atoms with Crippen LogP contribution in [-0.2, 0) is 24.4 Å². The van der Waals surface area contributed by atoms with Crippen molar-refractivity contribution >= 4 is 40.8 Å². The summed E-state index contributed by atoms with van der Waals surface area (Å²) in [6.07, 6.45) is -3.22. The van der Waals surface area contributed by atoms with Crippen LogP contribution in [0.3, 0.4) is 0 Å². The summed E-state index contributed by atoms with van der Waals surface area (Å²) in [5.74, 6) is -2.29. The first kappa shape index (κ1) is 35.3. The van der Waals surface area contributed by atoms with Gasteiger partial charge in [-0.2, -0.15) is 13.2 Å². The fourth-order valence-corrected chi connectivity index (χ4v) is 3.93. The number of aromatic carboxylic acids is 1. The van der Waals surface area contributed by atoms with Gasteiger partial charge >= 0.3 is 18.1 Å². The smallest absolute Gasteiger partial charge is 0.416 e. The molecule has 0 fully saturated rings. The van der Waals surface area contributed by atoms with Crippen LogP contribution in [0.4, 0.5) is 24.7 Å². The number of carbonyl (C=O) groups excluding carboxylic acids is 1. The third-order valence-electron chi connectivity index (χ3n) is 5.67. The number of nitrogens with one attached hydrogen (secondary N) is 1. The Kier molecular flexibility index (Phi) is 12.4. The van der Waals surface area contributed by atoms with Crippen molar-refractivity contribution in [2.45, 2.75) is 19.5 Å². The Balaban J connectivity index is 0.000000401. The Morgan fingerprint density at radius 3 is 2.19 bits per heavy atom. The predicted molar refractivity (Wildman–Crippen MR) is 150 cm³/mol. The maximum absolute atomic E-state index is 12.6. The highest BCUT2D eigenvalue weighted by Gasteiger charge is 2.30. The summed E-state index contributed by atoms with van der Waals surface area (Å²) in [6.45, 7) is 1.80. The zero-order chi connectivity index (χ0) is 29.6. The van der Waals surface area contributed by atoms with Crippen LogP contribution in [0.25, 0.3) is 0 Å². The lowest BCUT2D eigenvalue weighted by molar-refractivity contribution is -0.138. The van der Waals surface area contributed by atoms with Gasteiger partial charge in [-0.25, -0.2) is 9.78 Å². The van der Waals surface area contributed by atoms with Crippen molar-refractivity contribution < 1.29 is 48.7 Å². The summed E-state index contributed by atoms with van der Waals surface area (Å²) in [7, 11) is 1.70. The lowest BCUT2D eigenvalue weighted by atomic mass is 10.1. The normalized spacial score (nSPS) is 10.3. The number of benzene rings is 2. The van der Waals surface area contributed by atoms with Gasteiger partial charge in [0.1, 0.15) is 11.4 Å². The molecule has 0 aliphatic rings. The van der Waals surface area contributed by atoms with E-state index in [2.05, 4.69) is 10.3 Å². The van der Waals surface area contributed by atoms with Crippen molar-refractivity contribution in [1.82, 2.24) is 9.55 Å². The van der Waals surface area contributed by atoms with Gasteiger partial charge in [0.15, 0.2) is 0 Å². The fraction of sp³-hybridized carbons (Fsp3) is 0.143. The van der Waals surface area contributed by atoms with E-state index in [1.165, 1.54) is 30.5 Å². The molecule has 4 rings (SSSR count). The highest BCUT2D eigenvalue weighted by molar-refractivity contribution is 6.30. The van der Waals surface area contributed by atoms with Gasteiger partial charge in [0.05, 0.1) is 17.7 Å². The van der Waals surface area contributed by atoms with E-state index < -0.39 is 23.7 Å². The first-order valence-electron chi connectivity index (χ1n) is 11.6. The molecule has 0 saturated carbocycles. The molecule has 14 heteroatoms. The number of halogens is 4. The van der Waals surface area contributed by atoms with Crippen LogP contribution in [0.2, 0.25) is 5.02 Å². The molecule has 0 amide bonds. The van der Waals surface area contributed by atoms with E-state index >= 15 is 0 Å². The van der Waals surface area contributed by atoms with E-state index in [4.69, 9.17) is 21.8 Å². The van der Waals surface area contributed by atoms with Gasteiger partial charge in [0.2, 0.25) is 5.78 Å². The minimum atomic E-state index is -4.46. The van der Waals surface area contributed by atoms with Gasteiger partial charge < -0.3 is 31.0 Å². The second-order valence-electron chi connectivity index (χ2n) is 8.54. The summed E-state index contributed by atoms with van der Waals surface area (Å²) < 4.78 is 39.4. The average Bonchev–Trinajstić information content (AvgIpc) is 3.16. The maximum Gasteiger partial charge on any atom is 0.416 e. The Labute approximate surface area is 242 Å². The number of aryl methyl sites for hydroxylation is 1. The summed E-state index contributed by atoms with van der Waals surface area (Å²) in [4.78, 5) is 38.1. The number of hydrogen-bond acceptors (Lipinski definition) is 5. The number of aliphatic carboxylic acids is 1. The molecular weight excluding hydrogens is 583 g/mol. The lowest BCUT2D eigenvalue weighted by Gasteiger charge is -2.11. The second kappa shape index (κ2) is 14.8. The molecular formula is C28H27ClF3N3O7. The van der Waals surface area contributed by atoms with E-state index in [-0.39, 0.29) is 40.2 Å². The number of carboxylic acids is 2. The molecule has 7 N–H and O–H groups in total. The molecule has 0 spiro atoms. The number of hydrogen-bond donors (Lipinski definition) is 3. The number of carbonyl (C=O) groups is 3. The van der Waals surface area contributed by atoms with Gasteiger partial charge in [-0.15, -0.1) is 0 Å². The van der Waals surface area contributed by atoms with Crippen LogP contribution in [0.5, 0.6) is 0 Å². The quantitative estimate of drug-likeness (QED) is 0.253. The summed E-state index contributed by atoms with van der Waals surface area (Å²) >= 11 is 5.80. The van der Waals surface area contributed by atoms with E-state index in [9.17, 15) is 27.6 Å². The van der Waals surface area contributed by atoms with Crippen LogP contribution < -0.4 is 5.32 Å². The topological polar surface area (TPSA) is 185 Å². The molecule has 0 bridgehead atoms. The molecule has 2 heterocycles. The molecule has 10 nitrogen and oxygen atoms in total. The minimum absolute atomic E-state index is 0. The van der Waals surface area contributed by atoms with E-state index in [1.54, 1.807) is 48.9 Å². The van der Waals surface area contributed by atoms with Gasteiger partial charge in [0, 0.05) is 35.2 Å². The Bertz CT molecular complexity index is 1560. The van der Waals surface area contributed by atoms with Crippen LogP contribution in [-0.4, -0.2) is 48.4 Å². The molecule has 0 radical (unpaired) electrons. The number of rotatable bonds is 7. The van der Waals surface area contributed by atoms with E-state index in [0.717, 1.165) is 17.7 Å². The molecule has 0 atom stereocenters.